The predicted octanol–water partition coefficient (Wildman–Crippen LogP) is 13.2. The van der Waals surface area contributed by atoms with E-state index in [0.29, 0.717) is 5.95 Å². The molecule has 13 rings (SSSR count). The van der Waals surface area contributed by atoms with E-state index in [1.54, 1.807) is 0 Å². The van der Waals surface area contributed by atoms with Crippen molar-refractivity contribution >= 4 is 55.4 Å². The number of benzene rings is 8. The molecule has 5 heterocycles. The van der Waals surface area contributed by atoms with Crippen LogP contribution in [0.5, 0.6) is 0 Å². The highest BCUT2D eigenvalue weighted by Gasteiger charge is 2.50. The molecule has 0 saturated heterocycles. The van der Waals surface area contributed by atoms with Gasteiger partial charge in [0.05, 0.1) is 44.6 Å². The molecule has 0 amide bonds. The van der Waals surface area contributed by atoms with Crippen LogP contribution >= 0.6 is 11.8 Å². The zero-order valence-electron chi connectivity index (χ0n) is 31.2. The summed E-state index contributed by atoms with van der Waals surface area (Å²) < 4.78 is 4.79. The summed E-state index contributed by atoms with van der Waals surface area (Å²) in [5.74, 6) is 0.652. The summed E-state index contributed by atoms with van der Waals surface area (Å²) >= 11 is 1.89. The van der Waals surface area contributed by atoms with Gasteiger partial charge in [-0.3, -0.25) is 4.57 Å². The smallest absolute Gasteiger partial charge is 0.235 e. The summed E-state index contributed by atoms with van der Waals surface area (Å²) in [6.45, 7) is 0. The van der Waals surface area contributed by atoms with E-state index in [1.807, 2.05) is 23.9 Å². The minimum Gasteiger partial charge on any atom is -0.309 e. The molecule has 0 aliphatic carbocycles. The second-order valence-electron chi connectivity index (χ2n) is 15.3. The van der Waals surface area contributed by atoms with Crippen molar-refractivity contribution in [1.29, 1.82) is 0 Å². The summed E-state index contributed by atoms with van der Waals surface area (Å²) in [4.78, 5) is 13.2. The third-order valence-electron chi connectivity index (χ3n) is 12.4. The molecule has 0 radical (unpaired) electrons. The highest BCUT2D eigenvalue weighted by Crippen LogP contribution is 2.62. The number of rotatable bonds is 3. The fourth-order valence-corrected chi connectivity index (χ4v) is 11.4. The number of aromatic nitrogens is 4. The molecule has 4 nitrogen and oxygen atoms in total. The van der Waals surface area contributed by atoms with Gasteiger partial charge >= 0.3 is 0 Å². The summed E-state index contributed by atoms with van der Waals surface area (Å²) in [6.07, 6.45) is 0. The Balaban J connectivity index is 1.16. The Morgan fingerprint density at radius 1 is 0.414 bits per heavy atom. The van der Waals surface area contributed by atoms with Crippen LogP contribution in [-0.4, -0.2) is 19.1 Å². The summed E-state index contributed by atoms with van der Waals surface area (Å²) in [7, 11) is 0. The summed E-state index contributed by atoms with van der Waals surface area (Å²) in [5, 5.41) is 4.96. The van der Waals surface area contributed by atoms with Crippen molar-refractivity contribution in [1.82, 2.24) is 19.1 Å². The maximum absolute atomic E-state index is 5.35. The third-order valence-corrected chi connectivity index (χ3v) is 13.6. The fraction of sp³-hybridized carbons (Fsp3) is 0.0189. The van der Waals surface area contributed by atoms with Gasteiger partial charge in [0, 0.05) is 42.5 Å². The van der Waals surface area contributed by atoms with Gasteiger partial charge in [-0.25, -0.2) is 9.97 Å². The molecule has 0 fully saturated rings. The first-order valence-corrected chi connectivity index (χ1v) is 20.6. The van der Waals surface area contributed by atoms with Gasteiger partial charge in [-0.15, -0.1) is 0 Å². The lowest BCUT2D eigenvalue weighted by atomic mass is 9.62. The van der Waals surface area contributed by atoms with Crippen molar-refractivity contribution in [2.24, 2.45) is 0 Å². The Bertz CT molecular complexity index is 3430. The average Bonchev–Trinajstić information content (AvgIpc) is 3.82. The van der Waals surface area contributed by atoms with Crippen LogP contribution < -0.4 is 0 Å². The van der Waals surface area contributed by atoms with Crippen LogP contribution in [-0.2, 0) is 5.41 Å². The minimum atomic E-state index is -0.570. The first-order valence-electron chi connectivity index (χ1n) is 19.8. The zero-order valence-corrected chi connectivity index (χ0v) is 32.0. The second-order valence-corrected chi connectivity index (χ2v) is 16.3. The van der Waals surface area contributed by atoms with Gasteiger partial charge in [-0.1, -0.05) is 169 Å². The van der Waals surface area contributed by atoms with Crippen molar-refractivity contribution in [3.8, 4) is 34.2 Å². The molecule has 0 N–H and O–H groups in total. The van der Waals surface area contributed by atoms with Crippen LogP contribution in [0, 0.1) is 0 Å². The molecule has 11 aromatic rings. The SMILES string of the molecule is c1ccc(-c2cc(-c3ccccc3)nc(-n3c4ccccc4c4c5c(ccc43)C3(c4ccccc4S5)c4ccccc4-n4c5ccccc5c5cccc3c54)n2)cc1. The first-order chi connectivity index (χ1) is 28.8. The number of para-hydroxylation sites is 4. The molecule has 58 heavy (non-hydrogen) atoms. The molecular formula is C53H32N4S. The van der Waals surface area contributed by atoms with Crippen LogP contribution in [0.3, 0.4) is 0 Å². The molecule has 8 aromatic carbocycles. The molecule has 1 spiro atoms. The van der Waals surface area contributed by atoms with Crippen LogP contribution in [0.15, 0.2) is 204 Å². The van der Waals surface area contributed by atoms with E-state index in [2.05, 4.69) is 191 Å². The number of hydrogen-bond donors (Lipinski definition) is 0. The van der Waals surface area contributed by atoms with Gasteiger partial charge in [-0.2, -0.15) is 0 Å². The summed E-state index contributed by atoms with van der Waals surface area (Å²) in [6, 6.07) is 70.5. The molecule has 5 heteroatoms. The highest BCUT2D eigenvalue weighted by molar-refractivity contribution is 7.99. The van der Waals surface area contributed by atoms with Gasteiger partial charge in [-0.05, 0) is 58.7 Å². The molecule has 3 aromatic heterocycles. The van der Waals surface area contributed by atoms with Gasteiger partial charge < -0.3 is 4.57 Å². The molecule has 1 atom stereocenters. The van der Waals surface area contributed by atoms with Gasteiger partial charge in [0.1, 0.15) is 0 Å². The van der Waals surface area contributed by atoms with Crippen LogP contribution in [0.25, 0.3) is 77.8 Å². The Morgan fingerprint density at radius 3 is 1.76 bits per heavy atom. The normalized spacial score (nSPS) is 15.2. The monoisotopic (exact) mass is 756 g/mol. The predicted molar refractivity (Wildman–Crippen MR) is 238 cm³/mol. The topological polar surface area (TPSA) is 35.6 Å². The maximum atomic E-state index is 5.35. The highest BCUT2D eigenvalue weighted by atomic mass is 32.2. The Morgan fingerprint density at radius 2 is 1.00 bits per heavy atom. The van der Waals surface area contributed by atoms with Crippen molar-refractivity contribution in [3.05, 3.63) is 216 Å². The molecule has 2 aliphatic heterocycles. The first kappa shape index (κ1) is 31.9. The molecule has 2 aliphatic rings. The average molecular weight is 757 g/mol. The minimum absolute atomic E-state index is 0.570. The molecule has 0 saturated carbocycles. The Hall–Kier alpha value is -7.21. The lowest BCUT2D eigenvalue weighted by Crippen LogP contribution is -2.37. The third kappa shape index (κ3) is 4.15. The van der Waals surface area contributed by atoms with Crippen LogP contribution in [0.2, 0.25) is 0 Å². The van der Waals surface area contributed by atoms with E-state index in [0.717, 1.165) is 33.5 Å². The van der Waals surface area contributed by atoms with E-state index < -0.39 is 5.41 Å². The molecular weight excluding hydrogens is 725 g/mol. The van der Waals surface area contributed by atoms with Gasteiger partial charge in [0.15, 0.2) is 0 Å². The van der Waals surface area contributed by atoms with E-state index in [-0.39, 0.29) is 0 Å². The molecule has 1 unspecified atom stereocenters. The fourth-order valence-electron chi connectivity index (χ4n) is 10.1. The Labute approximate surface area is 338 Å². The second kappa shape index (κ2) is 11.9. The van der Waals surface area contributed by atoms with E-state index in [4.69, 9.17) is 9.97 Å². The lowest BCUT2D eigenvalue weighted by Gasteiger charge is -2.45. The van der Waals surface area contributed by atoms with Gasteiger partial charge in [0.25, 0.3) is 0 Å². The number of hydrogen-bond acceptors (Lipinski definition) is 3. The van der Waals surface area contributed by atoms with Crippen LogP contribution in [0.1, 0.15) is 22.3 Å². The maximum Gasteiger partial charge on any atom is 0.235 e. The number of fused-ring (bicyclic) bond motifs is 15. The van der Waals surface area contributed by atoms with E-state index >= 15 is 0 Å². The van der Waals surface area contributed by atoms with Gasteiger partial charge in [0.2, 0.25) is 5.95 Å². The largest absolute Gasteiger partial charge is 0.309 e. The van der Waals surface area contributed by atoms with Crippen LogP contribution in [0.4, 0.5) is 0 Å². The van der Waals surface area contributed by atoms with E-state index in [1.165, 1.54) is 70.3 Å². The zero-order chi connectivity index (χ0) is 38.0. The van der Waals surface area contributed by atoms with Crippen molar-refractivity contribution in [3.63, 3.8) is 0 Å². The molecule has 270 valence electrons. The Kier molecular flexibility index (Phi) is 6.55. The standard InChI is InChI=1S/C53H32N4S/c1-3-16-33(17-4-1)42-32-43(34-18-5-2-6-19-34)55-52(54-42)57-45-27-12-8-21-37(45)49-47(57)31-30-41-51(49)58-48-29-14-10-24-39(48)53(41)38-23-9-13-28-46(38)56-44-26-11-7-20-35(44)36-22-15-25-40(53)50(36)56/h1-32H. The van der Waals surface area contributed by atoms with Crippen molar-refractivity contribution in [2.75, 3.05) is 0 Å². The lowest BCUT2D eigenvalue weighted by molar-refractivity contribution is 0.692. The summed E-state index contributed by atoms with van der Waals surface area (Å²) in [5.41, 5.74) is 14.4. The van der Waals surface area contributed by atoms with E-state index in [9.17, 15) is 0 Å². The van der Waals surface area contributed by atoms with Crippen molar-refractivity contribution < 1.29 is 0 Å². The van der Waals surface area contributed by atoms with Crippen molar-refractivity contribution in [2.45, 2.75) is 15.2 Å². The molecule has 0 bridgehead atoms. The number of nitrogens with zero attached hydrogens (tertiary/aromatic N) is 4. The quantitative estimate of drug-likeness (QED) is 0.180.